The summed E-state index contributed by atoms with van der Waals surface area (Å²) < 4.78 is 1.85. The third-order valence-electron chi connectivity index (χ3n) is 4.57. The molecule has 1 aliphatic rings. The summed E-state index contributed by atoms with van der Waals surface area (Å²) in [5, 5.41) is 10.7. The smallest absolute Gasteiger partial charge is 0.250 e. The summed E-state index contributed by atoms with van der Waals surface area (Å²) in [6.07, 6.45) is 5.03. The zero-order chi connectivity index (χ0) is 17.4. The van der Waals surface area contributed by atoms with Crippen LogP contribution >= 0.6 is 11.3 Å². The van der Waals surface area contributed by atoms with E-state index < -0.39 is 0 Å². The van der Waals surface area contributed by atoms with Crippen molar-refractivity contribution in [2.24, 2.45) is 0 Å². The van der Waals surface area contributed by atoms with Gasteiger partial charge in [-0.25, -0.2) is 14.6 Å². The van der Waals surface area contributed by atoms with E-state index in [4.69, 9.17) is 0 Å². The third-order valence-corrected chi connectivity index (χ3v) is 5.58. The van der Waals surface area contributed by atoms with E-state index in [-0.39, 0.29) is 11.9 Å². The Morgan fingerprint density at radius 2 is 2.28 bits per heavy atom. The van der Waals surface area contributed by atoms with Crippen LogP contribution in [-0.2, 0) is 11.3 Å². The molecule has 1 fully saturated rings. The van der Waals surface area contributed by atoms with E-state index in [0.717, 1.165) is 53.3 Å². The zero-order valence-electron chi connectivity index (χ0n) is 14.3. The highest BCUT2D eigenvalue weighted by molar-refractivity contribution is 7.17. The van der Waals surface area contributed by atoms with Crippen LogP contribution in [-0.4, -0.2) is 38.2 Å². The molecular weight excluding hydrogens is 336 g/mol. The number of nitrogens with one attached hydrogen (secondary N) is 1. The van der Waals surface area contributed by atoms with Crippen LogP contribution < -0.4 is 10.2 Å². The Hall–Kier alpha value is -2.48. The highest BCUT2D eigenvalue weighted by Gasteiger charge is 2.31. The first kappa shape index (κ1) is 16.0. The first-order valence-corrected chi connectivity index (χ1v) is 9.35. The first-order chi connectivity index (χ1) is 12.2. The Morgan fingerprint density at radius 3 is 3.12 bits per heavy atom. The normalized spacial score (nSPS) is 18.1. The maximum Gasteiger partial charge on any atom is 0.250 e. The second-order valence-electron chi connectivity index (χ2n) is 6.16. The Morgan fingerprint density at radius 1 is 1.40 bits per heavy atom. The lowest BCUT2D eigenvalue weighted by Gasteiger charge is -2.32. The molecule has 0 radical (unpaired) electrons. The van der Waals surface area contributed by atoms with Crippen LogP contribution in [0, 0.1) is 6.92 Å². The number of aromatic nitrogens is 4. The minimum absolute atomic E-state index is 0.0705. The lowest BCUT2D eigenvalue weighted by Crippen LogP contribution is -2.48. The predicted octanol–water partition coefficient (Wildman–Crippen LogP) is 2.82. The molecule has 0 spiro atoms. The number of hydrogen-bond donors (Lipinski definition) is 1. The number of carbonyl (C=O) groups excluding carboxylic acids is 1. The molecule has 4 heterocycles. The number of rotatable bonds is 4. The van der Waals surface area contributed by atoms with Crippen molar-refractivity contribution < 1.29 is 4.79 Å². The van der Waals surface area contributed by atoms with Crippen molar-refractivity contribution in [3.63, 3.8) is 0 Å². The Bertz CT molecular complexity index is 917. The molecule has 8 heteroatoms. The Kier molecular flexibility index (Phi) is 4.12. The fraction of sp³-hybridized carbons (Fsp3) is 0.412. The Balaban J connectivity index is 1.62. The van der Waals surface area contributed by atoms with Crippen molar-refractivity contribution in [3.05, 3.63) is 29.5 Å². The molecule has 0 bridgehead atoms. The number of thiophene rings is 1. The highest BCUT2D eigenvalue weighted by atomic mass is 32.1. The second-order valence-corrected chi connectivity index (χ2v) is 7.01. The van der Waals surface area contributed by atoms with Gasteiger partial charge in [-0.3, -0.25) is 9.69 Å². The molecule has 3 aromatic rings. The zero-order valence-corrected chi connectivity index (χ0v) is 15.1. The number of nitrogens with zero attached hydrogens (tertiary/aromatic N) is 5. The van der Waals surface area contributed by atoms with Gasteiger partial charge in [0, 0.05) is 19.2 Å². The van der Waals surface area contributed by atoms with Crippen molar-refractivity contribution in [1.29, 1.82) is 0 Å². The molecule has 7 nitrogen and oxygen atoms in total. The predicted molar refractivity (Wildman–Crippen MR) is 99.1 cm³/mol. The topological polar surface area (TPSA) is 75.9 Å². The summed E-state index contributed by atoms with van der Waals surface area (Å²) >= 11 is 1.60. The summed E-state index contributed by atoms with van der Waals surface area (Å²) in [4.78, 5) is 24.5. The van der Waals surface area contributed by atoms with Crippen LogP contribution in [0.3, 0.4) is 0 Å². The van der Waals surface area contributed by atoms with Crippen LogP contribution in [0.2, 0.25) is 0 Å². The van der Waals surface area contributed by atoms with Gasteiger partial charge in [-0.1, -0.05) is 0 Å². The van der Waals surface area contributed by atoms with E-state index in [1.807, 2.05) is 29.5 Å². The van der Waals surface area contributed by atoms with Gasteiger partial charge in [0.15, 0.2) is 0 Å². The van der Waals surface area contributed by atoms with Crippen LogP contribution in [0.25, 0.3) is 10.2 Å². The highest BCUT2D eigenvalue weighted by Crippen LogP contribution is 2.30. The molecule has 25 heavy (non-hydrogen) atoms. The van der Waals surface area contributed by atoms with Gasteiger partial charge in [0.2, 0.25) is 0 Å². The summed E-state index contributed by atoms with van der Waals surface area (Å²) in [6.45, 7) is 5.53. The SMILES string of the molecule is CCn1nccc1N1CCCC(Nc2ncnc3scc(C)c23)C1=O. The first-order valence-electron chi connectivity index (χ1n) is 8.47. The number of hydrogen-bond acceptors (Lipinski definition) is 6. The van der Waals surface area contributed by atoms with E-state index in [1.165, 1.54) is 0 Å². The van der Waals surface area contributed by atoms with E-state index in [0.29, 0.717) is 0 Å². The lowest BCUT2D eigenvalue weighted by molar-refractivity contribution is -0.120. The van der Waals surface area contributed by atoms with Gasteiger partial charge in [-0.05, 0) is 37.6 Å². The quantitative estimate of drug-likeness (QED) is 0.778. The number of aryl methyl sites for hydroxylation is 2. The number of amides is 1. The van der Waals surface area contributed by atoms with E-state index in [1.54, 1.807) is 23.9 Å². The van der Waals surface area contributed by atoms with Crippen LogP contribution in [0.4, 0.5) is 11.6 Å². The van der Waals surface area contributed by atoms with Crippen LogP contribution in [0.1, 0.15) is 25.3 Å². The molecule has 4 rings (SSSR count). The van der Waals surface area contributed by atoms with Crippen molar-refractivity contribution in [2.45, 2.75) is 39.3 Å². The summed E-state index contributed by atoms with van der Waals surface area (Å²) in [5.41, 5.74) is 1.13. The van der Waals surface area contributed by atoms with Gasteiger partial charge >= 0.3 is 0 Å². The third kappa shape index (κ3) is 2.76. The maximum atomic E-state index is 13.0. The van der Waals surface area contributed by atoms with Crippen molar-refractivity contribution in [3.8, 4) is 0 Å². The molecule has 0 aromatic carbocycles. The monoisotopic (exact) mass is 356 g/mol. The summed E-state index contributed by atoms with van der Waals surface area (Å²) in [5.74, 6) is 1.67. The Labute approximate surface area is 149 Å². The standard InChI is InChI=1S/C17H20N6OS/c1-3-23-13(6-7-20-23)22-8-4-5-12(17(22)24)21-15-14-11(2)9-25-16(14)19-10-18-15/h6-7,9-10,12H,3-5,8H2,1-2H3,(H,18,19,21). The molecular formula is C17H20N6OS. The molecule has 1 unspecified atom stereocenters. The number of carbonyl (C=O) groups is 1. The van der Waals surface area contributed by atoms with Crippen molar-refractivity contribution in [2.75, 3.05) is 16.8 Å². The largest absolute Gasteiger partial charge is 0.358 e. The molecule has 0 saturated carbocycles. The lowest BCUT2D eigenvalue weighted by atomic mass is 10.0. The minimum atomic E-state index is -0.286. The molecule has 3 aromatic heterocycles. The molecule has 0 aliphatic carbocycles. The molecule has 130 valence electrons. The fourth-order valence-electron chi connectivity index (χ4n) is 3.33. The number of fused-ring (bicyclic) bond motifs is 1. The van der Waals surface area contributed by atoms with Crippen LogP contribution in [0.5, 0.6) is 0 Å². The minimum Gasteiger partial charge on any atom is -0.358 e. The molecule has 1 saturated heterocycles. The number of anilines is 2. The van der Waals surface area contributed by atoms with Gasteiger partial charge in [-0.2, -0.15) is 5.10 Å². The fourth-order valence-corrected chi connectivity index (χ4v) is 4.22. The average molecular weight is 356 g/mol. The maximum absolute atomic E-state index is 13.0. The summed E-state index contributed by atoms with van der Waals surface area (Å²) in [6, 6.07) is 1.61. The average Bonchev–Trinajstić information content (AvgIpc) is 3.24. The second kappa shape index (κ2) is 6.44. The number of piperidine rings is 1. The molecule has 1 atom stereocenters. The van der Waals surface area contributed by atoms with Crippen molar-refractivity contribution in [1.82, 2.24) is 19.7 Å². The van der Waals surface area contributed by atoms with Gasteiger partial charge < -0.3 is 5.32 Å². The molecule has 1 amide bonds. The van der Waals surface area contributed by atoms with Gasteiger partial charge in [-0.15, -0.1) is 11.3 Å². The van der Waals surface area contributed by atoms with Gasteiger partial charge in [0.05, 0.1) is 11.6 Å². The van der Waals surface area contributed by atoms with Crippen molar-refractivity contribution >= 4 is 39.1 Å². The van der Waals surface area contributed by atoms with E-state index in [9.17, 15) is 4.79 Å². The van der Waals surface area contributed by atoms with Crippen LogP contribution in [0.15, 0.2) is 24.0 Å². The van der Waals surface area contributed by atoms with E-state index >= 15 is 0 Å². The van der Waals surface area contributed by atoms with E-state index in [2.05, 4.69) is 25.8 Å². The summed E-state index contributed by atoms with van der Waals surface area (Å²) in [7, 11) is 0. The van der Waals surface area contributed by atoms with Gasteiger partial charge in [0.25, 0.3) is 5.91 Å². The molecule has 1 aliphatic heterocycles. The molecule has 1 N–H and O–H groups in total. The van der Waals surface area contributed by atoms with Gasteiger partial charge in [0.1, 0.15) is 28.8 Å².